The molecule has 20 heavy (non-hydrogen) atoms. The minimum Gasteiger partial charge on any atom is -0.372 e. The number of anilines is 1. The highest BCUT2D eigenvalue weighted by molar-refractivity contribution is 5.75. The van der Waals surface area contributed by atoms with Crippen LogP contribution in [-0.4, -0.2) is 19.0 Å². The molecule has 0 unspecified atom stereocenters. The lowest BCUT2D eigenvalue weighted by Gasteiger charge is -2.24. The maximum Gasteiger partial charge on any atom is 0.233 e. The molecule has 1 aromatic rings. The van der Waals surface area contributed by atoms with E-state index in [-0.39, 0.29) is 5.91 Å². The Morgan fingerprint density at radius 1 is 1.10 bits per heavy atom. The van der Waals surface area contributed by atoms with Gasteiger partial charge < -0.3 is 4.90 Å². The molecule has 0 aliphatic rings. The van der Waals surface area contributed by atoms with Gasteiger partial charge >= 0.3 is 0 Å². The Labute approximate surface area is 122 Å². The first-order valence-electron chi connectivity index (χ1n) is 7.57. The van der Waals surface area contributed by atoms with Crippen LogP contribution in [0.25, 0.3) is 0 Å². The topological polar surface area (TPSA) is 58.4 Å². The van der Waals surface area contributed by atoms with Crippen LogP contribution in [0, 0.1) is 0 Å². The summed E-state index contributed by atoms with van der Waals surface area (Å²) in [7, 11) is 0. The van der Waals surface area contributed by atoms with E-state index in [1.807, 2.05) is 6.07 Å². The fourth-order valence-electron chi connectivity index (χ4n) is 2.19. The molecule has 0 saturated heterocycles. The number of hydrazine groups is 1. The summed E-state index contributed by atoms with van der Waals surface area (Å²) in [6.07, 6.45) is 6.01. The Morgan fingerprint density at radius 2 is 1.80 bits per heavy atom. The van der Waals surface area contributed by atoms with Crippen molar-refractivity contribution >= 4 is 11.6 Å². The molecule has 1 aromatic carbocycles. The molecule has 0 spiro atoms. The second-order valence-electron chi connectivity index (χ2n) is 5.05. The van der Waals surface area contributed by atoms with Gasteiger partial charge in [0.2, 0.25) is 5.91 Å². The first kappa shape index (κ1) is 16.5. The van der Waals surface area contributed by atoms with Crippen LogP contribution in [0.5, 0.6) is 0 Å². The van der Waals surface area contributed by atoms with Crippen molar-refractivity contribution < 1.29 is 4.79 Å². The van der Waals surface area contributed by atoms with Crippen molar-refractivity contribution in [3.8, 4) is 0 Å². The number of nitrogens with two attached hydrogens (primary N) is 1. The van der Waals surface area contributed by atoms with Gasteiger partial charge in [0.25, 0.3) is 0 Å². The summed E-state index contributed by atoms with van der Waals surface area (Å²) >= 11 is 0. The van der Waals surface area contributed by atoms with Crippen molar-refractivity contribution in [1.29, 1.82) is 0 Å². The molecule has 0 bridgehead atoms. The van der Waals surface area contributed by atoms with Crippen LogP contribution in [0.3, 0.4) is 0 Å². The molecule has 0 aliphatic carbocycles. The number of hydrogen-bond acceptors (Lipinski definition) is 3. The van der Waals surface area contributed by atoms with Crippen LogP contribution < -0.4 is 16.2 Å². The predicted molar refractivity (Wildman–Crippen MR) is 84.4 cm³/mol. The van der Waals surface area contributed by atoms with Gasteiger partial charge in [0.05, 0.1) is 0 Å². The third-order valence-corrected chi connectivity index (χ3v) is 3.40. The summed E-state index contributed by atoms with van der Waals surface area (Å²) in [5, 5.41) is 0. The van der Waals surface area contributed by atoms with Crippen molar-refractivity contribution in [2.75, 3.05) is 18.0 Å². The lowest BCUT2D eigenvalue weighted by molar-refractivity contribution is -0.121. The number of carbonyl (C=O) groups is 1. The lowest BCUT2D eigenvalue weighted by Crippen LogP contribution is -2.29. The van der Waals surface area contributed by atoms with Gasteiger partial charge in [-0.2, -0.15) is 0 Å². The third kappa shape index (κ3) is 6.57. The molecule has 0 saturated carbocycles. The average molecular weight is 277 g/mol. The molecule has 112 valence electrons. The summed E-state index contributed by atoms with van der Waals surface area (Å²) < 4.78 is 0. The monoisotopic (exact) mass is 277 g/mol. The van der Waals surface area contributed by atoms with Crippen LogP contribution in [0.15, 0.2) is 30.3 Å². The molecule has 4 nitrogen and oxygen atoms in total. The maximum absolute atomic E-state index is 11.0. The first-order chi connectivity index (χ1) is 9.77. The molecular weight excluding hydrogens is 250 g/mol. The van der Waals surface area contributed by atoms with E-state index in [1.54, 1.807) is 0 Å². The Bertz CT molecular complexity index is 367. The van der Waals surface area contributed by atoms with Crippen molar-refractivity contribution in [2.45, 2.75) is 45.4 Å². The Morgan fingerprint density at radius 3 is 2.45 bits per heavy atom. The number of nitrogens with one attached hydrogen (secondary N) is 1. The zero-order valence-electron chi connectivity index (χ0n) is 12.5. The number of para-hydroxylation sites is 1. The van der Waals surface area contributed by atoms with Gasteiger partial charge in [-0.15, -0.1) is 0 Å². The Kier molecular flexibility index (Phi) is 8.47. The fourth-order valence-corrected chi connectivity index (χ4v) is 2.19. The smallest absolute Gasteiger partial charge is 0.233 e. The molecular formula is C16H27N3O. The van der Waals surface area contributed by atoms with Gasteiger partial charge in [-0.05, 0) is 31.4 Å². The Hall–Kier alpha value is -1.55. The number of benzene rings is 1. The summed E-state index contributed by atoms with van der Waals surface area (Å²) in [5.74, 6) is 4.98. The molecule has 0 heterocycles. The maximum atomic E-state index is 11.0. The molecule has 0 radical (unpaired) electrons. The minimum absolute atomic E-state index is 0.0732. The fraction of sp³-hybridized carbons (Fsp3) is 0.562. The van der Waals surface area contributed by atoms with E-state index in [0.29, 0.717) is 6.42 Å². The predicted octanol–water partition coefficient (Wildman–Crippen LogP) is 2.84. The van der Waals surface area contributed by atoms with E-state index in [4.69, 9.17) is 5.84 Å². The van der Waals surface area contributed by atoms with E-state index in [1.165, 1.54) is 18.5 Å². The lowest BCUT2D eigenvalue weighted by atomic mass is 10.1. The van der Waals surface area contributed by atoms with Gasteiger partial charge in [0.1, 0.15) is 0 Å². The van der Waals surface area contributed by atoms with E-state index in [2.05, 4.69) is 41.5 Å². The summed E-state index contributed by atoms with van der Waals surface area (Å²) in [6.45, 7) is 4.37. The number of carbonyl (C=O) groups excluding carboxylic acids is 1. The second kappa shape index (κ2) is 10.3. The highest BCUT2D eigenvalue weighted by atomic mass is 16.2. The van der Waals surface area contributed by atoms with E-state index < -0.39 is 0 Å². The van der Waals surface area contributed by atoms with Gasteiger partial charge in [0.15, 0.2) is 0 Å². The normalized spacial score (nSPS) is 10.3. The molecule has 1 amide bonds. The molecule has 0 atom stereocenters. The summed E-state index contributed by atoms with van der Waals surface area (Å²) in [5.41, 5.74) is 3.46. The largest absolute Gasteiger partial charge is 0.372 e. The molecule has 1 rings (SSSR count). The van der Waals surface area contributed by atoms with Crippen molar-refractivity contribution in [3.63, 3.8) is 0 Å². The van der Waals surface area contributed by atoms with E-state index in [0.717, 1.165) is 32.4 Å². The zero-order valence-corrected chi connectivity index (χ0v) is 12.5. The van der Waals surface area contributed by atoms with Crippen LogP contribution in [-0.2, 0) is 4.79 Å². The first-order valence-corrected chi connectivity index (χ1v) is 7.57. The van der Waals surface area contributed by atoms with Crippen LogP contribution >= 0.6 is 0 Å². The second-order valence-corrected chi connectivity index (χ2v) is 5.05. The van der Waals surface area contributed by atoms with Gasteiger partial charge in [0, 0.05) is 25.2 Å². The van der Waals surface area contributed by atoms with Gasteiger partial charge in [-0.25, -0.2) is 5.84 Å². The third-order valence-electron chi connectivity index (χ3n) is 3.40. The van der Waals surface area contributed by atoms with Gasteiger partial charge in [-0.3, -0.25) is 10.2 Å². The highest BCUT2D eigenvalue weighted by Crippen LogP contribution is 2.15. The van der Waals surface area contributed by atoms with Crippen LogP contribution in [0.2, 0.25) is 0 Å². The zero-order chi connectivity index (χ0) is 14.6. The molecule has 0 fully saturated rings. The average Bonchev–Trinajstić information content (AvgIpc) is 2.50. The van der Waals surface area contributed by atoms with Crippen molar-refractivity contribution in [2.24, 2.45) is 5.84 Å². The molecule has 0 aromatic heterocycles. The van der Waals surface area contributed by atoms with Crippen LogP contribution in [0.1, 0.15) is 45.4 Å². The number of hydrogen-bond donors (Lipinski definition) is 2. The van der Waals surface area contributed by atoms with Gasteiger partial charge in [-0.1, -0.05) is 38.0 Å². The number of unbranched alkanes of at least 4 members (excludes halogenated alkanes) is 3. The van der Waals surface area contributed by atoms with Crippen LogP contribution in [0.4, 0.5) is 5.69 Å². The Balaban J connectivity index is 2.32. The number of amides is 1. The standard InChI is InChI=1S/C16H27N3O/c1-2-3-13-19(15-10-6-4-7-11-15)14-9-5-8-12-16(20)18-17/h4,6-7,10-11H,2-3,5,8-9,12-14,17H2,1H3,(H,18,20). The van der Waals surface area contributed by atoms with Crippen molar-refractivity contribution in [3.05, 3.63) is 30.3 Å². The SMILES string of the molecule is CCCCN(CCCCCC(=O)NN)c1ccccc1. The van der Waals surface area contributed by atoms with Crippen molar-refractivity contribution in [1.82, 2.24) is 5.43 Å². The summed E-state index contributed by atoms with van der Waals surface area (Å²) in [6, 6.07) is 10.5. The molecule has 0 aliphatic heterocycles. The quantitative estimate of drug-likeness (QED) is 0.299. The molecule has 4 heteroatoms. The van der Waals surface area contributed by atoms with E-state index in [9.17, 15) is 4.79 Å². The number of nitrogens with zero attached hydrogens (tertiary/aromatic N) is 1. The summed E-state index contributed by atoms with van der Waals surface area (Å²) in [4.78, 5) is 13.5. The highest BCUT2D eigenvalue weighted by Gasteiger charge is 2.05. The van der Waals surface area contributed by atoms with E-state index >= 15 is 0 Å². The minimum atomic E-state index is -0.0732. The molecule has 3 N–H and O–H groups in total. The number of rotatable bonds is 10.